The molecule has 0 aliphatic heterocycles. The molecule has 5 heteroatoms. The average Bonchev–Trinajstić information content (AvgIpc) is 2.78. The number of rotatable bonds is 23. The van der Waals surface area contributed by atoms with Gasteiger partial charge >= 0.3 is 11.9 Å². The normalized spacial score (nSPS) is 12.3. The van der Waals surface area contributed by atoms with Crippen LogP contribution in [0.2, 0.25) is 0 Å². The van der Waals surface area contributed by atoms with Gasteiger partial charge in [-0.05, 0) is 53.2 Å². The highest BCUT2D eigenvalue weighted by atomic mass is 16.6. The van der Waals surface area contributed by atoms with E-state index in [2.05, 4.69) is 18.7 Å². The Morgan fingerprint density at radius 2 is 1.24 bits per heavy atom. The molecule has 1 atom stereocenters. The van der Waals surface area contributed by atoms with E-state index in [9.17, 15) is 9.59 Å². The maximum Gasteiger partial charge on any atom is 0.309 e. The fourth-order valence-corrected chi connectivity index (χ4v) is 4.05. The molecule has 0 saturated heterocycles. The fourth-order valence-electron chi connectivity index (χ4n) is 4.05. The second-order valence-electron chi connectivity index (χ2n) is 10.0. The van der Waals surface area contributed by atoms with Crippen molar-refractivity contribution < 1.29 is 19.1 Å². The van der Waals surface area contributed by atoms with E-state index in [4.69, 9.17) is 9.47 Å². The van der Waals surface area contributed by atoms with Crippen molar-refractivity contribution in [2.45, 2.75) is 136 Å². The van der Waals surface area contributed by atoms with E-state index in [0.717, 1.165) is 45.1 Å². The highest BCUT2D eigenvalue weighted by molar-refractivity contribution is 5.72. The Kier molecular flexibility index (Phi) is 21.9. The van der Waals surface area contributed by atoms with Gasteiger partial charge in [0.1, 0.15) is 12.7 Å². The first-order valence-corrected chi connectivity index (χ1v) is 13.9. The number of nitrogens with zero attached hydrogens (tertiary/aromatic N) is 1. The van der Waals surface area contributed by atoms with Gasteiger partial charge in [-0.25, -0.2) is 0 Å². The SMILES string of the molecule is CCCCCCCCC(CCCCCCCC)C(=O)OCC(C)OC(=O)CCCCN(C)C. The molecule has 196 valence electrons. The quantitative estimate of drug-likeness (QED) is 0.116. The van der Waals surface area contributed by atoms with Crippen LogP contribution in [0.1, 0.15) is 130 Å². The lowest BCUT2D eigenvalue weighted by molar-refractivity contribution is -0.160. The summed E-state index contributed by atoms with van der Waals surface area (Å²) in [6.45, 7) is 7.40. The molecule has 0 radical (unpaired) electrons. The van der Waals surface area contributed by atoms with Gasteiger partial charge in [0, 0.05) is 6.42 Å². The van der Waals surface area contributed by atoms with Crippen molar-refractivity contribution in [1.82, 2.24) is 4.90 Å². The second-order valence-corrected chi connectivity index (χ2v) is 10.0. The van der Waals surface area contributed by atoms with Crippen molar-refractivity contribution in [2.24, 2.45) is 5.92 Å². The Bertz CT molecular complexity index is 451. The van der Waals surface area contributed by atoms with Crippen molar-refractivity contribution >= 4 is 11.9 Å². The minimum atomic E-state index is -0.390. The van der Waals surface area contributed by atoms with Crippen LogP contribution in [-0.4, -0.2) is 50.2 Å². The number of unbranched alkanes of at least 4 members (excludes halogenated alkanes) is 11. The van der Waals surface area contributed by atoms with E-state index in [1.165, 1.54) is 64.2 Å². The van der Waals surface area contributed by atoms with Crippen molar-refractivity contribution in [3.05, 3.63) is 0 Å². The summed E-state index contributed by atoms with van der Waals surface area (Å²) in [5.74, 6) is -0.324. The van der Waals surface area contributed by atoms with Gasteiger partial charge in [-0.3, -0.25) is 9.59 Å². The zero-order valence-corrected chi connectivity index (χ0v) is 22.7. The smallest absolute Gasteiger partial charge is 0.309 e. The van der Waals surface area contributed by atoms with Crippen LogP contribution in [0.25, 0.3) is 0 Å². The van der Waals surface area contributed by atoms with E-state index in [0.29, 0.717) is 6.42 Å². The van der Waals surface area contributed by atoms with Crippen LogP contribution in [0.3, 0.4) is 0 Å². The number of carbonyl (C=O) groups excluding carboxylic acids is 2. The van der Waals surface area contributed by atoms with Crippen LogP contribution >= 0.6 is 0 Å². The van der Waals surface area contributed by atoms with Crippen molar-refractivity contribution in [2.75, 3.05) is 27.2 Å². The Hall–Kier alpha value is -1.10. The highest BCUT2D eigenvalue weighted by Crippen LogP contribution is 2.21. The van der Waals surface area contributed by atoms with Gasteiger partial charge in [0.25, 0.3) is 0 Å². The molecule has 0 spiro atoms. The van der Waals surface area contributed by atoms with E-state index in [1.807, 2.05) is 21.0 Å². The molecule has 0 aromatic heterocycles. The molecular formula is C28H55NO4. The van der Waals surface area contributed by atoms with Crippen LogP contribution in [0.5, 0.6) is 0 Å². The van der Waals surface area contributed by atoms with Crippen LogP contribution in [0, 0.1) is 5.92 Å². The number of hydrogen-bond donors (Lipinski definition) is 0. The molecule has 0 aromatic rings. The summed E-state index contributed by atoms with van der Waals surface area (Å²) in [5, 5.41) is 0. The van der Waals surface area contributed by atoms with Crippen LogP contribution < -0.4 is 0 Å². The summed E-state index contributed by atoms with van der Waals surface area (Å²) in [7, 11) is 4.06. The van der Waals surface area contributed by atoms with Crippen LogP contribution in [-0.2, 0) is 19.1 Å². The lowest BCUT2D eigenvalue weighted by Gasteiger charge is -2.19. The Labute approximate surface area is 205 Å². The first-order valence-electron chi connectivity index (χ1n) is 13.9. The first kappa shape index (κ1) is 31.9. The van der Waals surface area contributed by atoms with E-state index in [1.54, 1.807) is 0 Å². The van der Waals surface area contributed by atoms with E-state index >= 15 is 0 Å². The maximum absolute atomic E-state index is 12.8. The lowest BCUT2D eigenvalue weighted by Crippen LogP contribution is -2.26. The zero-order chi connectivity index (χ0) is 24.7. The fraction of sp³-hybridized carbons (Fsp3) is 0.929. The topological polar surface area (TPSA) is 55.8 Å². The third-order valence-electron chi connectivity index (χ3n) is 6.17. The molecule has 33 heavy (non-hydrogen) atoms. The minimum absolute atomic E-state index is 0.0173. The molecule has 0 aliphatic rings. The van der Waals surface area contributed by atoms with Gasteiger partial charge < -0.3 is 14.4 Å². The molecule has 0 rings (SSSR count). The molecule has 0 aromatic carbocycles. The predicted molar refractivity (Wildman–Crippen MR) is 138 cm³/mol. The number of carbonyl (C=O) groups is 2. The molecular weight excluding hydrogens is 414 g/mol. The summed E-state index contributed by atoms with van der Waals surface area (Å²) in [5.41, 5.74) is 0. The van der Waals surface area contributed by atoms with Crippen LogP contribution in [0.15, 0.2) is 0 Å². The van der Waals surface area contributed by atoms with Gasteiger partial charge in [0.15, 0.2) is 0 Å². The number of hydrogen-bond acceptors (Lipinski definition) is 5. The number of esters is 2. The molecule has 0 aliphatic carbocycles. The van der Waals surface area contributed by atoms with Gasteiger partial charge in [0.05, 0.1) is 5.92 Å². The van der Waals surface area contributed by atoms with Crippen molar-refractivity contribution in [1.29, 1.82) is 0 Å². The minimum Gasteiger partial charge on any atom is -0.462 e. The summed E-state index contributed by atoms with van der Waals surface area (Å²) >= 11 is 0. The predicted octanol–water partition coefficient (Wildman–Crippen LogP) is 7.31. The van der Waals surface area contributed by atoms with Gasteiger partial charge in [-0.2, -0.15) is 0 Å². The largest absolute Gasteiger partial charge is 0.462 e. The third-order valence-corrected chi connectivity index (χ3v) is 6.17. The molecule has 0 bridgehead atoms. The summed E-state index contributed by atoms with van der Waals surface area (Å²) in [4.78, 5) is 26.9. The monoisotopic (exact) mass is 469 g/mol. The lowest BCUT2D eigenvalue weighted by atomic mass is 9.94. The summed E-state index contributed by atoms with van der Waals surface area (Å²) in [6, 6.07) is 0. The summed E-state index contributed by atoms with van der Waals surface area (Å²) in [6.07, 6.45) is 18.5. The molecule has 1 unspecified atom stereocenters. The van der Waals surface area contributed by atoms with Gasteiger partial charge in [0.2, 0.25) is 0 Å². The van der Waals surface area contributed by atoms with Crippen molar-refractivity contribution in [3.8, 4) is 0 Å². The highest BCUT2D eigenvalue weighted by Gasteiger charge is 2.21. The third kappa shape index (κ3) is 21.2. The molecule has 0 N–H and O–H groups in total. The Morgan fingerprint density at radius 3 is 1.76 bits per heavy atom. The molecule has 5 nitrogen and oxygen atoms in total. The van der Waals surface area contributed by atoms with E-state index in [-0.39, 0.29) is 30.6 Å². The molecule has 0 heterocycles. The zero-order valence-electron chi connectivity index (χ0n) is 22.7. The summed E-state index contributed by atoms with van der Waals surface area (Å²) < 4.78 is 11.0. The Morgan fingerprint density at radius 1 is 0.727 bits per heavy atom. The van der Waals surface area contributed by atoms with E-state index < -0.39 is 0 Å². The molecule has 0 fully saturated rings. The van der Waals surface area contributed by atoms with Crippen LogP contribution in [0.4, 0.5) is 0 Å². The first-order chi connectivity index (χ1) is 15.9. The van der Waals surface area contributed by atoms with Gasteiger partial charge in [-0.15, -0.1) is 0 Å². The molecule has 0 saturated carbocycles. The average molecular weight is 470 g/mol. The number of ether oxygens (including phenoxy) is 2. The molecule has 0 amide bonds. The van der Waals surface area contributed by atoms with Gasteiger partial charge in [-0.1, -0.05) is 90.9 Å². The Balaban J connectivity index is 4.29. The van der Waals surface area contributed by atoms with Crippen molar-refractivity contribution in [3.63, 3.8) is 0 Å². The second kappa shape index (κ2) is 22.7. The maximum atomic E-state index is 12.8. The standard InChI is InChI=1S/C28H55NO4/c1-6-8-10-12-14-16-20-26(21-17-15-13-11-9-7-2)28(31)32-24-25(3)33-27(30)22-18-19-23-29(4)5/h25-26H,6-24H2,1-5H3.